The van der Waals surface area contributed by atoms with Gasteiger partial charge in [0.2, 0.25) is 11.8 Å². The number of carbonyl (C=O) groups excluding carboxylic acids is 2. The van der Waals surface area contributed by atoms with Gasteiger partial charge in [-0.05, 0) is 31.4 Å². The van der Waals surface area contributed by atoms with Gasteiger partial charge in [0, 0.05) is 38.6 Å². The number of para-hydroxylation sites is 1. The van der Waals surface area contributed by atoms with Gasteiger partial charge < -0.3 is 19.9 Å². The maximum atomic E-state index is 13.5. The highest BCUT2D eigenvalue weighted by Gasteiger charge is 2.31. The van der Waals surface area contributed by atoms with Crippen molar-refractivity contribution >= 4 is 24.2 Å². The van der Waals surface area contributed by atoms with E-state index in [0.717, 1.165) is 25.9 Å². The van der Waals surface area contributed by atoms with Gasteiger partial charge in [-0.1, -0.05) is 12.1 Å². The lowest BCUT2D eigenvalue weighted by Crippen LogP contribution is -2.57. The van der Waals surface area contributed by atoms with E-state index >= 15 is 0 Å². The lowest BCUT2D eigenvalue weighted by molar-refractivity contribution is -0.140. The Morgan fingerprint density at radius 1 is 1.30 bits per heavy atom. The van der Waals surface area contributed by atoms with Gasteiger partial charge in [0.25, 0.3) is 0 Å². The SMILES string of the molecule is Cl.O=C(CCCOc1ccccc1F)N1CCCC(N2CCNCC2=O)C1. The molecule has 6 nitrogen and oxygen atoms in total. The molecule has 1 N–H and O–H groups in total. The first-order valence-electron chi connectivity index (χ1n) is 9.30. The molecule has 1 atom stereocenters. The van der Waals surface area contributed by atoms with Crippen molar-refractivity contribution in [1.29, 1.82) is 0 Å². The zero-order valence-electron chi connectivity index (χ0n) is 15.4. The van der Waals surface area contributed by atoms with Crippen molar-refractivity contribution < 1.29 is 18.7 Å². The zero-order chi connectivity index (χ0) is 18.4. The van der Waals surface area contributed by atoms with Gasteiger partial charge in [0.05, 0.1) is 13.2 Å². The Kier molecular flexibility index (Phi) is 8.31. The molecule has 2 aliphatic rings. The Labute approximate surface area is 165 Å². The first-order valence-corrected chi connectivity index (χ1v) is 9.30. The number of likely N-dealkylation sites (tertiary alicyclic amines) is 1. The number of piperazine rings is 1. The molecule has 2 aliphatic heterocycles. The molecule has 2 amide bonds. The number of hydrogen-bond donors (Lipinski definition) is 1. The average molecular weight is 400 g/mol. The third kappa shape index (κ3) is 5.81. The maximum Gasteiger partial charge on any atom is 0.236 e. The Bertz CT molecular complexity index is 646. The molecule has 0 spiro atoms. The molecule has 0 aromatic heterocycles. The largest absolute Gasteiger partial charge is 0.491 e. The van der Waals surface area contributed by atoms with Crippen LogP contribution in [0.1, 0.15) is 25.7 Å². The molecule has 0 bridgehead atoms. The number of amides is 2. The van der Waals surface area contributed by atoms with Gasteiger partial charge >= 0.3 is 0 Å². The first kappa shape index (κ1) is 21.4. The summed E-state index contributed by atoms with van der Waals surface area (Å²) in [4.78, 5) is 28.3. The van der Waals surface area contributed by atoms with Gasteiger partial charge in [-0.2, -0.15) is 0 Å². The van der Waals surface area contributed by atoms with E-state index in [1.165, 1.54) is 6.07 Å². The number of halogens is 2. The zero-order valence-corrected chi connectivity index (χ0v) is 16.2. The molecule has 1 unspecified atom stereocenters. The minimum atomic E-state index is -0.390. The van der Waals surface area contributed by atoms with Crippen molar-refractivity contribution in [2.75, 3.05) is 39.3 Å². The van der Waals surface area contributed by atoms with Crippen LogP contribution in [0.3, 0.4) is 0 Å². The lowest BCUT2D eigenvalue weighted by atomic mass is 10.0. The summed E-state index contributed by atoms with van der Waals surface area (Å²) < 4.78 is 18.9. The van der Waals surface area contributed by atoms with Crippen LogP contribution in [0.4, 0.5) is 4.39 Å². The van der Waals surface area contributed by atoms with Gasteiger partial charge in [0.15, 0.2) is 11.6 Å². The standard InChI is InChI=1S/C19H26FN3O3.ClH/c20-16-6-1-2-7-17(16)26-12-4-8-18(24)22-10-3-5-15(14-22)23-11-9-21-13-19(23)25;/h1-2,6-7,15,21H,3-5,8-14H2;1H. The van der Waals surface area contributed by atoms with E-state index in [9.17, 15) is 14.0 Å². The van der Waals surface area contributed by atoms with Crippen LogP contribution in [-0.2, 0) is 9.59 Å². The van der Waals surface area contributed by atoms with Crippen molar-refractivity contribution in [2.24, 2.45) is 0 Å². The number of carbonyl (C=O) groups is 2. The van der Waals surface area contributed by atoms with E-state index < -0.39 is 5.82 Å². The molecular formula is C19H27ClFN3O3. The minimum Gasteiger partial charge on any atom is -0.491 e. The molecule has 27 heavy (non-hydrogen) atoms. The molecule has 150 valence electrons. The summed E-state index contributed by atoms with van der Waals surface area (Å²) in [6, 6.07) is 6.39. The number of nitrogens with one attached hydrogen (secondary N) is 1. The quantitative estimate of drug-likeness (QED) is 0.741. The predicted octanol–water partition coefficient (Wildman–Crippen LogP) is 1.83. The van der Waals surface area contributed by atoms with Crippen molar-refractivity contribution in [1.82, 2.24) is 15.1 Å². The van der Waals surface area contributed by atoms with E-state index in [4.69, 9.17) is 4.74 Å². The van der Waals surface area contributed by atoms with Gasteiger partial charge in [0.1, 0.15) is 0 Å². The van der Waals surface area contributed by atoms with Gasteiger partial charge in [-0.25, -0.2) is 4.39 Å². The van der Waals surface area contributed by atoms with E-state index in [1.54, 1.807) is 18.2 Å². The molecule has 0 saturated carbocycles. The van der Waals surface area contributed by atoms with E-state index in [1.807, 2.05) is 9.80 Å². The van der Waals surface area contributed by atoms with Crippen molar-refractivity contribution in [3.05, 3.63) is 30.1 Å². The van der Waals surface area contributed by atoms with Gasteiger partial charge in [-0.15, -0.1) is 12.4 Å². The number of piperidine rings is 1. The predicted molar refractivity (Wildman–Crippen MR) is 103 cm³/mol. The lowest BCUT2D eigenvalue weighted by Gasteiger charge is -2.41. The maximum absolute atomic E-state index is 13.5. The van der Waals surface area contributed by atoms with E-state index in [2.05, 4.69) is 5.32 Å². The van der Waals surface area contributed by atoms with Crippen LogP contribution in [0.25, 0.3) is 0 Å². The molecule has 2 fully saturated rings. The van der Waals surface area contributed by atoms with Crippen molar-refractivity contribution in [3.8, 4) is 5.75 Å². The highest BCUT2D eigenvalue weighted by molar-refractivity contribution is 5.85. The van der Waals surface area contributed by atoms with Crippen LogP contribution in [-0.4, -0.2) is 67.0 Å². The molecule has 1 aromatic carbocycles. The minimum absolute atomic E-state index is 0. The summed E-state index contributed by atoms with van der Waals surface area (Å²) in [6.45, 7) is 3.56. The normalized spacial score (nSPS) is 20.2. The Morgan fingerprint density at radius 3 is 2.89 bits per heavy atom. The highest BCUT2D eigenvalue weighted by atomic mass is 35.5. The second kappa shape index (κ2) is 10.5. The first-order chi connectivity index (χ1) is 12.6. The second-order valence-electron chi connectivity index (χ2n) is 6.78. The molecule has 8 heteroatoms. The van der Waals surface area contributed by atoms with Crippen LogP contribution in [0, 0.1) is 5.82 Å². The number of rotatable bonds is 6. The average Bonchev–Trinajstić information content (AvgIpc) is 2.67. The fourth-order valence-corrected chi connectivity index (χ4v) is 3.57. The summed E-state index contributed by atoms with van der Waals surface area (Å²) in [6.07, 6.45) is 2.78. The summed E-state index contributed by atoms with van der Waals surface area (Å²) >= 11 is 0. The summed E-state index contributed by atoms with van der Waals surface area (Å²) in [5.41, 5.74) is 0. The number of benzene rings is 1. The monoisotopic (exact) mass is 399 g/mol. The van der Waals surface area contributed by atoms with Crippen molar-refractivity contribution in [2.45, 2.75) is 31.7 Å². The second-order valence-corrected chi connectivity index (χ2v) is 6.78. The highest BCUT2D eigenvalue weighted by Crippen LogP contribution is 2.19. The molecule has 0 radical (unpaired) electrons. The Balaban J connectivity index is 0.00000261. The summed E-state index contributed by atoms with van der Waals surface area (Å²) in [5, 5.41) is 3.08. The molecule has 2 saturated heterocycles. The van der Waals surface area contributed by atoms with Crippen LogP contribution in [0.15, 0.2) is 24.3 Å². The Morgan fingerprint density at radius 2 is 2.11 bits per heavy atom. The van der Waals surface area contributed by atoms with Crippen LogP contribution in [0.5, 0.6) is 5.75 Å². The molecule has 3 rings (SSSR count). The fraction of sp³-hybridized carbons (Fsp3) is 0.579. The molecule has 2 heterocycles. The fourth-order valence-electron chi connectivity index (χ4n) is 3.57. The number of hydrogen-bond acceptors (Lipinski definition) is 4. The summed E-state index contributed by atoms with van der Waals surface area (Å²) in [7, 11) is 0. The smallest absolute Gasteiger partial charge is 0.236 e. The Hall–Kier alpha value is -1.86. The summed E-state index contributed by atoms with van der Waals surface area (Å²) in [5.74, 6) is 0.0249. The third-order valence-electron chi connectivity index (χ3n) is 4.95. The van der Waals surface area contributed by atoms with Crippen LogP contribution < -0.4 is 10.1 Å². The van der Waals surface area contributed by atoms with Gasteiger partial charge in [-0.3, -0.25) is 9.59 Å². The molecule has 0 aliphatic carbocycles. The van der Waals surface area contributed by atoms with E-state index in [-0.39, 0.29) is 36.0 Å². The topological polar surface area (TPSA) is 61.9 Å². The molecular weight excluding hydrogens is 373 g/mol. The third-order valence-corrected chi connectivity index (χ3v) is 4.95. The van der Waals surface area contributed by atoms with Crippen molar-refractivity contribution in [3.63, 3.8) is 0 Å². The molecule has 1 aromatic rings. The van der Waals surface area contributed by atoms with Crippen LogP contribution in [0.2, 0.25) is 0 Å². The van der Waals surface area contributed by atoms with E-state index in [0.29, 0.717) is 39.1 Å². The van der Waals surface area contributed by atoms with Crippen LogP contribution >= 0.6 is 12.4 Å². The number of nitrogens with zero attached hydrogens (tertiary/aromatic N) is 2. The number of ether oxygens (including phenoxy) is 1.